The second kappa shape index (κ2) is 6.15. The van der Waals surface area contributed by atoms with Gasteiger partial charge in [-0.3, -0.25) is 0 Å². The van der Waals surface area contributed by atoms with E-state index in [1.54, 1.807) is 0 Å². The molecule has 0 saturated heterocycles. The van der Waals surface area contributed by atoms with Crippen molar-refractivity contribution in [2.45, 2.75) is 18.5 Å². The van der Waals surface area contributed by atoms with E-state index in [1.807, 2.05) is 0 Å². The van der Waals surface area contributed by atoms with Gasteiger partial charge in [0.15, 0.2) is 0 Å². The minimum Gasteiger partial charge on any atom is -0.0765 e. The number of halogens is 4. The molecule has 0 aromatic heterocycles. The lowest BCUT2D eigenvalue weighted by Crippen LogP contribution is -1.89. The minimum absolute atomic E-state index is 0.502. The molecule has 0 N–H and O–H groups in total. The molecule has 0 saturated carbocycles. The Morgan fingerprint density at radius 3 is 1.75 bits per heavy atom. The van der Waals surface area contributed by atoms with Crippen LogP contribution in [-0.2, 0) is 0 Å². The van der Waals surface area contributed by atoms with Crippen molar-refractivity contribution in [2.24, 2.45) is 0 Å². The molecular weight excluding hydrogens is 462 g/mol. The van der Waals surface area contributed by atoms with Crippen molar-refractivity contribution >= 4 is 77.0 Å². The van der Waals surface area contributed by atoms with E-state index in [1.165, 1.54) is 12.8 Å². The lowest BCUT2D eigenvalue weighted by atomic mass is 10.4. The second-order valence-electron chi connectivity index (χ2n) is 1.36. The average molecular weight is 468 g/mol. The molecule has 0 radical (unpaired) electrons. The second-order valence-corrected chi connectivity index (χ2v) is 10.2. The lowest BCUT2D eigenvalue weighted by Gasteiger charge is -2.00. The zero-order valence-corrected chi connectivity index (χ0v) is 11.6. The van der Waals surface area contributed by atoms with Crippen molar-refractivity contribution in [3.8, 4) is 0 Å². The first-order chi connectivity index (χ1) is 3.63. The first-order valence-corrected chi connectivity index (χ1v) is 6.51. The maximum absolute atomic E-state index is 3.41. The Morgan fingerprint density at radius 1 is 1.12 bits per heavy atom. The molecule has 0 aliphatic carbocycles. The van der Waals surface area contributed by atoms with Crippen LogP contribution in [0.5, 0.6) is 0 Å². The van der Waals surface area contributed by atoms with Crippen LogP contribution in [0.1, 0.15) is 12.8 Å². The Bertz CT molecular complexity index is 48.0. The van der Waals surface area contributed by atoms with Crippen molar-refractivity contribution in [1.29, 1.82) is 0 Å². The van der Waals surface area contributed by atoms with Crippen LogP contribution in [0.15, 0.2) is 0 Å². The summed E-state index contributed by atoms with van der Waals surface area (Å²) in [5.74, 6) is 0. The molecule has 0 amide bonds. The summed E-state index contributed by atoms with van der Waals surface area (Å²) in [6, 6.07) is 0. The Morgan fingerprint density at radius 2 is 1.62 bits per heavy atom. The zero-order valence-electron chi connectivity index (χ0n) is 4.08. The fraction of sp³-hybridized carbons (Fsp3) is 1.00. The molecule has 0 heterocycles. The fourth-order valence-electron chi connectivity index (χ4n) is 0.252. The summed E-state index contributed by atoms with van der Waals surface area (Å²) < 4.78 is 1.27. The largest absolute Gasteiger partial charge is 0.0765 e. The summed E-state index contributed by atoms with van der Waals surface area (Å²) in [4.78, 5) is 0. The van der Waals surface area contributed by atoms with Gasteiger partial charge in [-0.05, 0) is 12.8 Å². The van der Waals surface area contributed by atoms with Crippen LogP contribution in [0.25, 0.3) is 0 Å². The standard InChI is InChI=1S/C4H6Br2I2/c5-3(6)1-2-4(7)8/h3-4H,1-2H2. The van der Waals surface area contributed by atoms with Crippen LogP contribution in [0.3, 0.4) is 0 Å². The molecule has 0 aliphatic heterocycles. The topological polar surface area (TPSA) is 0 Å². The molecule has 0 aliphatic rings. The van der Waals surface area contributed by atoms with Gasteiger partial charge in [-0.15, -0.1) is 0 Å². The zero-order chi connectivity index (χ0) is 6.57. The van der Waals surface area contributed by atoms with Gasteiger partial charge in [-0.1, -0.05) is 77.0 Å². The monoisotopic (exact) mass is 466 g/mol. The maximum Gasteiger partial charge on any atom is 0.0698 e. The highest BCUT2D eigenvalue weighted by molar-refractivity contribution is 14.2. The first-order valence-electron chi connectivity index (χ1n) is 2.19. The van der Waals surface area contributed by atoms with E-state index in [-0.39, 0.29) is 0 Å². The molecule has 0 rings (SSSR count). The Labute approximate surface area is 94.1 Å². The molecule has 0 unspecified atom stereocenters. The predicted octanol–water partition coefficient (Wildman–Crippen LogP) is 4.08. The first kappa shape index (κ1) is 10.4. The highest BCUT2D eigenvalue weighted by atomic mass is 127. The van der Waals surface area contributed by atoms with Gasteiger partial charge in [-0.2, -0.15) is 0 Å². The normalized spacial score (nSPS) is 11.2. The van der Waals surface area contributed by atoms with E-state index in [0.717, 1.165) is 1.93 Å². The Hall–Kier alpha value is 2.42. The molecule has 8 heavy (non-hydrogen) atoms. The fourth-order valence-corrected chi connectivity index (χ4v) is 1.50. The summed E-state index contributed by atoms with van der Waals surface area (Å²) in [7, 11) is 0. The van der Waals surface area contributed by atoms with Crippen molar-refractivity contribution in [1.82, 2.24) is 0 Å². The molecule has 50 valence electrons. The van der Waals surface area contributed by atoms with Crippen molar-refractivity contribution in [2.75, 3.05) is 0 Å². The molecule has 0 nitrogen and oxygen atoms in total. The number of rotatable bonds is 3. The van der Waals surface area contributed by atoms with Crippen LogP contribution in [0.2, 0.25) is 0 Å². The third-order valence-electron chi connectivity index (χ3n) is 0.603. The third kappa shape index (κ3) is 8.42. The average Bonchev–Trinajstić information content (AvgIpc) is 1.61. The van der Waals surface area contributed by atoms with Crippen molar-refractivity contribution in [3.05, 3.63) is 0 Å². The SMILES string of the molecule is BrC(Br)CCC(I)I. The van der Waals surface area contributed by atoms with Gasteiger partial charge < -0.3 is 0 Å². The highest BCUT2D eigenvalue weighted by Crippen LogP contribution is 2.22. The van der Waals surface area contributed by atoms with Gasteiger partial charge in [0.25, 0.3) is 0 Å². The summed E-state index contributed by atoms with van der Waals surface area (Å²) in [6.45, 7) is 0. The van der Waals surface area contributed by atoms with Crippen molar-refractivity contribution in [3.63, 3.8) is 0 Å². The molecular formula is C4H6Br2I2. The highest BCUT2D eigenvalue weighted by Gasteiger charge is 2.00. The maximum atomic E-state index is 3.41. The molecule has 0 spiro atoms. The van der Waals surface area contributed by atoms with E-state index in [4.69, 9.17) is 0 Å². The quantitative estimate of drug-likeness (QED) is 0.433. The van der Waals surface area contributed by atoms with Crippen LogP contribution < -0.4 is 0 Å². The van der Waals surface area contributed by atoms with E-state index >= 15 is 0 Å². The molecule has 0 atom stereocenters. The van der Waals surface area contributed by atoms with Crippen LogP contribution in [0, 0.1) is 0 Å². The summed E-state index contributed by atoms with van der Waals surface area (Å²) >= 11 is 11.7. The Kier molecular flexibility index (Phi) is 8.01. The van der Waals surface area contributed by atoms with E-state index in [9.17, 15) is 0 Å². The predicted molar refractivity (Wildman–Crippen MR) is 62.7 cm³/mol. The Balaban J connectivity index is 2.93. The number of alkyl halides is 4. The van der Waals surface area contributed by atoms with Gasteiger partial charge in [0.05, 0.1) is 5.67 Å². The molecule has 0 aromatic rings. The number of hydrogen-bond donors (Lipinski definition) is 0. The van der Waals surface area contributed by atoms with Gasteiger partial charge in [0.1, 0.15) is 0 Å². The summed E-state index contributed by atoms with van der Waals surface area (Å²) in [5.41, 5.74) is 0. The molecule has 0 aromatic carbocycles. The minimum atomic E-state index is 0.502. The van der Waals surface area contributed by atoms with Gasteiger partial charge in [-0.25, -0.2) is 0 Å². The van der Waals surface area contributed by atoms with Gasteiger partial charge in [0, 0.05) is 0 Å². The van der Waals surface area contributed by atoms with E-state index < -0.39 is 0 Å². The van der Waals surface area contributed by atoms with Crippen LogP contribution in [-0.4, -0.2) is 5.67 Å². The molecule has 4 heteroatoms. The lowest BCUT2D eigenvalue weighted by molar-refractivity contribution is 0.893. The van der Waals surface area contributed by atoms with Gasteiger partial charge in [0.2, 0.25) is 0 Å². The molecule has 0 fully saturated rings. The third-order valence-corrected chi connectivity index (χ3v) is 2.76. The van der Waals surface area contributed by atoms with Crippen LogP contribution in [0.4, 0.5) is 0 Å². The van der Waals surface area contributed by atoms with E-state index in [0.29, 0.717) is 3.74 Å². The smallest absolute Gasteiger partial charge is 0.0698 e. The van der Waals surface area contributed by atoms with Crippen molar-refractivity contribution < 1.29 is 0 Å². The van der Waals surface area contributed by atoms with Crippen LogP contribution >= 0.6 is 77.0 Å². The number of hydrogen-bond acceptors (Lipinski definition) is 0. The van der Waals surface area contributed by atoms with E-state index in [2.05, 4.69) is 77.0 Å². The van der Waals surface area contributed by atoms with Gasteiger partial charge >= 0.3 is 0 Å². The molecule has 0 bridgehead atoms. The summed E-state index contributed by atoms with van der Waals surface area (Å²) in [5, 5.41) is 0. The summed E-state index contributed by atoms with van der Waals surface area (Å²) in [6.07, 6.45) is 2.47.